The lowest BCUT2D eigenvalue weighted by atomic mass is 10.1. The Balaban J connectivity index is 1.65. The van der Waals surface area contributed by atoms with Gasteiger partial charge < -0.3 is 14.7 Å². The maximum absolute atomic E-state index is 12.7. The molecule has 2 amide bonds. The normalized spacial score (nSPS) is 17.1. The molecular formula is C17H20N4O3. The number of pyridine rings is 1. The van der Waals surface area contributed by atoms with E-state index in [1.54, 1.807) is 30.2 Å². The van der Waals surface area contributed by atoms with E-state index >= 15 is 0 Å². The predicted octanol–water partition coefficient (Wildman–Crippen LogP) is 2.04. The van der Waals surface area contributed by atoms with Gasteiger partial charge in [0.05, 0.1) is 11.6 Å². The fourth-order valence-corrected chi connectivity index (χ4v) is 2.92. The maximum Gasteiger partial charge on any atom is 0.259 e. The third-order valence-electron chi connectivity index (χ3n) is 4.24. The number of carbonyl (C=O) groups is 2. The van der Waals surface area contributed by atoms with Crippen molar-refractivity contribution in [3.63, 3.8) is 0 Å². The number of likely N-dealkylation sites (tertiary alicyclic amines) is 1. The van der Waals surface area contributed by atoms with E-state index in [0.29, 0.717) is 48.8 Å². The molecule has 0 saturated carbocycles. The molecule has 7 heteroatoms. The van der Waals surface area contributed by atoms with Crippen LogP contribution in [-0.2, 0) is 11.2 Å². The van der Waals surface area contributed by atoms with Crippen LogP contribution in [0.15, 0.2) is 28.9 Å². The Kier molecular flexibility index (Phi) is 4.59. The highest BCUT2D eigenvalue weighted by Gasteiger charge is 2.34. The standard InChI is InChI=1S/C17H20N4O3/c1-3-13-15(11(2)24-20-13)17(23)21-9-7-12(10-21)16(22)19-14-6-4-5-8-18-14/h4-6,8,12H,3,7,9-10H2,1-2H3,(H,18,19,22)/t12-/m0/s1. The second-order valence-corrected chi connectivity index (χ2v) is 5.86. The topological polar surface area (TPSA) is 88.3 Å². The molecule has 1 fully saturated rings. The van der Waals surface area contributed by atoms with Crippen LogP contribution in [0, 0.1) is 12.8 Å². The molecule has 0 radical (unpaired) electrons. The summed E-state index contributed by atoms with van der Waals surface area (Å²) >= 11 is 0. The fraction of sp³-hybridized carbons (Fsp3) is 0.412. The number of carbonyl (C=O) groups excluding carboxylic acids is 2. The molecular weight excluding hydrogens is 308 g/mol. The minimum Gasteiger partial charge on any atom is -0.361 e. The summed E-state index contributed by atoms with van der Waals surface area (Å²) in [5.41, 5.74) is 1.20. The minimum atomic E-state index is -0.235. The summed E-state index contributed by atoms with van der Waals surface area (Å²) in [5, 5.41) is 6.72. The van der Waals surface area contributed by atoms with Crippen molar-refractivity contribution in [1.82, 2.24) is 15.0 Å². The van der Waals surface area contributed by atoms with Gasteiger partial charge in [-0.05, 0) is 31.9 Å². The molecule has 1 saturated heterocycles. The number of rotatable bonds is 4. The molecule has 0 unspecified atom stereocenters. The van der Waals surface area contributed by atoms with Gasteiger partial charge in [-0.2, -0.15) is 0 Å². The van der Waals surface area contributed by atoms with Crippen molar-refractivity contribution >= 4 is 17.6 Å². The van der Waals surface area contributed by atoms with Gasteiger partial charge in [0, 0.05) is 19.3 Å². The van der Waals surface area contributed by atoms with Crippen molar-refractivity contribution in [3.05, 3.63) is 41.4 Å². The predicted molar refractivity (Wildman–Crippen MR) is 87.5 cm³/mol. The van der Waals surface area contributed by atoms with Gasteiger partial charge in [0.25, 0.3) is 5.91 Å². The van der Waals surface area contributed by atoms with Crippen LogP contribution in [0.1, 0.15) is 35.2 Å². The first-order valence-corrected chi connectivity index (χ1v) is 8.06. The molecule has 1 atom stereocenters. The molecule has 3 rings (SSSR count). The van der Waals surface area contributed by atoms with Gasteiger partial charge in [0.15, 0.2) is 0 Å². The smallest absolute Gasteiger partial charge is 0.259 e. The first-order chi connectivity index (χ1) is 11.6. The number of hydrogen-bond acceptors (Lipinski definition) is 5. The molecule has 1 N–H and O–H groups in total. The summed E-state index contributed by atoms with van der Waals surface area (Å²) in [5.74, 6) is 0.593. The Morgan fingerprint density at radius 1 is 1.42 bits per heavy atom. The van der Waals surface area contributed by atoms with E-state index in [2.05, 4.69) is 15.5 Å². The third-order valence-corrected chi connectivity index (χ3v) is 4.24. The number of nitrogens with zero attached hydrogens (tertiary/aromatic N) is 3. The second kappa shape index (κ2) is 6.82. The number of anilines is 1. The number of nitrogens with one attached hydrogen (secondary N) is 1. The fourth-order valence-electron chi connectivity index (χ4n) is 2.92. The van der Waals surface area contributed by atoms with Crippen molar-refractivity contribution in [1.29, 1.82) is 0 Å². The van der Waals surface area contributed by atoms with Gasteiger partial charge in [0.1, 0.15) is 17.1 Å². The number of hydrogen-bond donors (Lipinski definition) is 1. The zero-order chi connectivity index (χ0) is 17.1. The van der Waals surface area contributed by atoms with Crippen molar-refractivity contribution in [2.45, 2.75) is 26.7 Å². The Hall–Kier alpha value is -2.70. The largest absolute Gasteiger partial charge is 0.361 e. The molecule has 24 heavy (non-hydrogen) atoms. The molecule has 2 aromatic heterocycles. The highest BCUT2D eigenvalue weighted by molar-refractivity contribution is 5.98. The molecule has 0 spiro atoms. The summed E-state index contributed by atoms with van der Waals surface area (Å²) in [6.07, 6.45) is 2.90. The van der Waals surface area contributed by atoms with Crippen LogP contribution >= 0.6 is 0 Å². The van der Waals surface area contributed by atoms with Crippen LogP contribution in [0.25, 0.3) is 0 Å². The quantitative estimate of drug-likeness (QED) is 0.928. The van der Waals surface area contributed by atoms with Gasteiger partial charge in [-0.15, -0.1) is 0 Å². The van der Waals surface area contributed by atoms with Crippen LogP contribution in [0.4, 0.5) is 5.82 Å². The maximum atomic E-state index is 12.7. The van der Waals surface area contributed by atoms with Gasteiger partial charge in [-0.1, -0.05) is 18.1 Å². The van der Waals surface area contributed by atoms with Crippen molar-refractivity contribution in [2.75, 3.05) is 18.4 Å². The number of aryl methyl sites for hydroxylation is 2. The van der Waals surface area contributed by atoms with Crippen LogP contribution < -0.4 is 5.32 Å². The van der Waals surface area contributed by atoms with E-state index in [0.717, 1.165) is 0 Å². The van der Waals surface area contributed by atoms with E-state index in [4.69, 9.17) is 4.52 Å². The summed E-state index contributed by atoms with van der Waals surface area (Å²) in [6.45, 7) is 4.61. The molecule has 1 aliphatic rings. The highest BCUT2D eigenvalue weighted by atomic mass is 16.5. The average molecular weight is 328 g/mol. The van der Waals surface area contributed by atoms with Crippen molar-refractivity contribution < 1.29 is 14.1 Å². The van der Waals surface area contributed by atoms with Gasteiger partial charge in [-0.3, -0.25) is 9.59 Å². The van der Waals surface area contributed by atoms with Crippen molar-refractivity contribution in [2.24, 2.45) is 5.92 Å². The lowest BCUT2D eigenvalue weighted by Gasteiger charge is -2.16. The molecule has 7 nitrogen and oxygen atoms in total. The van der Waals surface area contributed by atoms with E-state index in [-0.39, 0.29) is 17.7 Å². The van der Waals surface area contributed by atoms with E-state index in [1.165, 1.54) is 0 Å². The monoisotopic (exact) mass is 328 g/mol. The van der Waals surface area contributed by atoms with Gasteiger partial charge in [-0.25, -0.2) is 4.98 Å². The number of amides is 2. The van der Waals surface area contributed by atoms with Crippen LogP contribution in [-0.4, -0.2) is 39.9 Å². The van der Waals surface area contributed by atoms with Crippen LogP contribution in [0.3, 0.4) is 0 Å². The summed E-state index contributed by atoms with van der Waals surface area (Å²) in [7, 11) is 0. The van der Waals surface area contributed by atoms with Crippen LogP contribution in [0.5, 0.6) is 0 Å². The summed E-state index contributed by atoms with van der Waals surface area (Å²) in [4.78, 5) is 30.8. The lowest BCUT2D eigenvalue weighted by molar-refractivity contribution is -0.119. The van der Waals surface area contributed by atoms with E-state index in [9.17, 15) is 9.59 Å². The molecule has 0 bridgehead atoms. The van der Waals surface area contributed by atoms with Gasteiger partial charge in [0.2, 0.25) is 5.91 Å². The Labute approximate surface area is 140 Å². The van der Waals surface area contributed by atoms with Gasteiger partial charge >= 0.3 is 0 Å². The molecule has 3 heterocycles. The molecule has 126 valence electrons. The van der Waals surface area contributed by atoms with Crippen LogP contribution in [0.2, 0.25) is 0 Å². The SMILES string of the molecule is CCc1noc(C)c1C(=O)N1CC[C@H](C(=O)Nc2ccccn2)C1. The molecule has 1 aliphatic heterocycles. The average Bonchev–Trinajstić information content (AvgIpc) is 3.22. The summed E-state index contributed by atoms with van der Waals surface area (Å²) in [6, 6.07) is 5.34. The first-order valence-electron chi connectivity index (χ1n) is 8.06. The zero-order valence-electron chi connectivity index (χ0n) is 13.8. The molecule has 2 aromatic rings. The van der Waals surface area contributed by atoms with E-state index < -0.39 is 0 Å². The zero-order valence-corrected chi connectivity index (χ0v) is 13.8. The Morgan fingerprint density at radius 3 is 2.96 bits per heavy atom. The first kappa shape index (κ1) is 16.2. The Bertz CT molecular complexity index is 742. The Morgan fingerprint density at radius 2 is 2.25 bits per heavy atom. The second-order valence-electron chi connectivity index (χ2n) is 5.86. The number of aromatic nitrogens is 2. The third kappa shape index (κ3) is 3.15. The van der Waals surface area contributed by atoms with Crippen molar-refractivity contribution in [3.8, 4) is 0 Å². The highest BCUT2D eigenvalue weighted by Crippen LogP contribution is 2.23. The molecule has 0 aliphatic carbocycles. The molecule has 0 aromatic carbocycles. The lowest BCUT2D eigenvalue weighted by Crippen LogP contribution is -2.32. The minimum absolute atomic E-state index is 0.109. The summed E-state index contributed by atoms with van der Waals surface area (Å²) < 4.78 is 5.14. The van der Waals surface area contributed by atoms with E-state index in [1.807, 2.05) is 13.0 Å².